The molecule has 0 spiro atoms. The molecule has 4 nitrogen and oxygen atoms in total. The van der Waals surface area contributed by atoms with Gasteiger partial charge >= 0.3 is 6.18 Å². The molecule has 0 aliphatic heterocycles. The third-order valence-electron chi connectivity index (χ3n) is 1.96. The number of halogens is 3. The average Bonchev–Trinajstić information content (AvgIpc) is 2.60. The van der Waals surface area contributed by atoms with E-state index in [-0.39, 0.29) is 10.7 Å². The Morgan fingerprint density at radius 3 is 2.39 bits per heavy atom. The number of rotatable bonds is 4. The highest BCUT2D eigenvalue weighted by Gasteiger charge is 2.38. The van der Waals surface area contributed by atoms with Crippen LogP contribution in [-0.4, -0.2) is 28.0 Å². The van der Waals surface area contributed by atoms with Gasteiger partial charge in [0.25, 0.3) is 5.19 Å². The van der Waals surface area contributed by atoms with E-state index in [1.807, 2.05) is 20.8 Å². The molecule has 0 saturated carbocycles. The lowest BCUT2D eigenvalue weighted by Crippen LogP contribution is -2.35. The van der Waals surface area contributed by atoms with Crippen molar-refractivity contribution in [3.05, 3.63) is 5.01 Å². The van der Waals surface area contributed by atoms with Crippen molar-refractivity contribution in [1.29, 1.82) is 0 Å². The first-order chi connectivity index (χ1) is 8.08. The predicted molar refractivity (Wildman–Crippen MR) is 62.6 cm³/mol. The molecule has 0 radical (unpaired) electrons. The smallest absolute Gasteiger partial charge is 0.425 e. The van der Waals surface area contributed by atoms with Crippen LogP contribution in [0.15, 0.2) is 0 Å². The second-order valence-electron chi connectivity index (χ2n) is 4.87. The summed E-state index contributed by atoms with van der Waals surface area (Å²) in [7, 11) is 0. The van der Waals surface area contributed by atoms with Crippen LogP contribution < -0.4 is 10.1 Å². The van der Waals surface area contributed by atoms with Gasteiger partial charge < -0.3 is 10.1 Å². The Kier molecular flexibility index (Phi) is 4.55. The van der Waals surface area contributed by atoms with Gasteiger partial charge in [-0.2, -0.15) is 13.2 Å². The highest BCUT2D eigenvalue weighted by molar-refractivity contribution is 7.13. The number of hydrogen-bond acceptors (Lipinski definition) is 5. The molecular weight excluding hydrogens is 267 g/mol. The molecule has 1 rings (SSSR count). The van der Waals surface area contributed by atoms with E-state index in [2.05, 4.69) is 20.3 Å². The Hall–Kier alpha value is -0.890. The molecule has 0 fully saturated rings. The Balaban J connectivity index is 2.54. The van der Waals surface area contributed by atoms with Crippen molar-refractivity contribution in [2.24, 2.45) is 0 Å². The third-order valence-corrected chi connectivity index (χ3v) is 2.77. The number of alkyl halides is 3. The molecule has 1 aromatic heterocycles. The largest absolute Gasteiger partial charge is 0.456 e. The van der Waals surface area contributed by atoms with Crippen molar-refractivity contribution < 1.29 is 17.9 Å². The lowest BCUT2D eigenvalue weighted by molar-refractivity contribution is -0.189. The molecule has 0 aliphatic carbocycles. The van der Waals surface area contributed by atoms with E-state index in [9.17, 15) is 13.2 Å². The lowest BCUT2D eigenvalue weighted by atomic mass is 10.1. The van der Waals surface area contributed by atoms with Gasteiger partial charge in [-0.3, -0.25) is 0 Å². The van der Waals surface area contributed by atoms with Crippen molar-refractivity contribution in [3.8, 4) is 5.19 Å². The first-order valence-corrected chi connectivity index (χ1v) is 6.20. The fourth-order valence-electron chi connectivity index (χ4n) is 0.916. The fourth-order valence-corrected chi connectivity index (χ4v) is 1.62. The summed E-state index contributed by atoms with van der Waals surface area (Å²) in [5.41, 5.74) is -0.0913. The standard InChI is InChI=1S/C10H16F3N3OS/c1-6(10(11,12)13)17-8-16-15-7(18-8)5-14-9(2,3)4/h6,14H,5H2,1-4H3. The molecule has 8 heteroatoms. The summed E-state index contributed by atoms with van der Waals surface area (Å²) in [6.45, 7) is 7.34. The molecule has 1 N–H and O–H groups in total. The quantitative estimate of drug-likeness (QED) is 0.923. The second-order valence-corrected chi connectivity index (χ2v) is 5.89. The fraction of sp³-hybridized carbons (Fsp3) is 0.800. The number of nitrogens with one attached hydrogen (secondary N) is 1. The maximum absolute atomic E-state index is 12.3. The zero-order valence-electron chi connectivity index (χ0n) is 10.6. The van der Waals surface area contributed by atoms with Crippen LogP contribution in [0.5, 0.6) is 5.19 Å². The Morgan fingerprint density at radius 2 is 1.89 bits per heavy atom. The average molecular weight is 283 g/mol. The lowest BCUT2D eigenvalue weighted by Gasteiger charge is -2.19. The number of aromatic nitrogens is 2. The molecule has 1 aromatic rings. The van der Waals surface area contributed by atoms with E-state index in [1.54, 1.807) is 0 Å². The first-order valence-electron chi connectivity index (χ1n) is 5.39. The van der Waals surface area contributed by atoms with Crippen molar-refractivity contribution in [2.75, 3.05) is 0 Å². The Labute approximate surface area is 108 Å². The number of hydrogen-bond donors (Lipinski definition) is 1. The van der Waals surface area contributed by atoms with E-state index < -0.39 is 12.3 Å². The summed E-state index contributed by atoms with van der Waals surface area (Å²) in [5, 5.41) is 11.0. The summed E-state index contributed by atoms with van der Waals surface area (Å²) in [4.78, 5) is 0. The first kappa shape index (κ1) is 15.2. The van der Waals surface area contributed by atoms with Gasteiger partial charge in [-0.15, -0.1) is 5.10 Å². The molecule has 1 atom stereocenters. The van der Waals surface area contributed by atoms with Crippen LogP contribution >= 0.6 is 11.3 Å². The van der Waals surface area contributed by atoms with Crippen molar-refractivity contribution in [2.45, 2.75) is 52.1 Å². The summed E-state index contributed by atoms with van der Waals surface area (Å²) < 4.78 is 41.5. The van der Waals surface area contributed by atoms with Crippen molar-refractivity contribution >= 4 is 11.3 Å². The molecule has 0 bridgehead atoms. The highest BCUT2D eigenvalue weighted by atomic mass is 32.1. The van der Waals surface area contributed by atoms with Gasteiger partial charge in [0.15, 0.2) is 6.10 Å². The van der Waals surface area contributed by atoms with Crippen LogP contribution in [0, 0.1) is 0 Å². The van der Waals surface area contributed by atoms with E-state index in [0.29, 0.717) is 11.6 Å². The molecule has 1 unspecified atom stereocenters. The van der Waals surface area contributed by atoms with Crippen LogP contribution in [0.3, 0.4) is 0 Å². The summed E-state index contributed by atoms with van der Waals surface area (Å²) in [6, 6.07) is 0. The minimum absolute atomic E-state index is 0.0643. The monoisotopic (exact) mass is 283 g/mol. The van der Waals surface area contributed by atoms with Gasteiger partial charge in [0.1, 0.15) is 5.01 Å². The van der Waals surface area contributed by atoms with Crippen LogP contribution in [0.25, 0.3) is 0 Å². The Bertz CT molecular complexity index is 386. The van der Waals surface area contributed by atoms with Gasteiger partial charge in [-0.25, -0.2) is 0 Å². The summed E-state index contributed by atoms with van der Waals surface area (Å²) >= 11 is 1.01. The van der Waals surface area contributed by atoms with E-state index >= 15 is 0 Å². The SMILES string of the molecule is CC(Oc1nnc(CNC(C)(C)C)s1)C(F)(F)F. The van der Waals surface area contributed by atoms with E-state index in [0.717, 1.165) is 18.3 Å². The minimum atomic E-state index is -4.39. The van der Waals surface area contributed by atoms with Crippen molar-refractivity contribution in [3.63, 3.8) is 0 Å². The molecule has 0 saturated heterocycles. The molecule has 1 heterocycles. The molecule has 0 amide bonds. The van der Waals surface area contributed by atoms with Gasteiger partial charge in [0.05, 0.1) is 6.54 Å². The van der Waals surface area contributed by atoms with Gasteiger partial charge in [0.2, 0.25) is 0 Å². The molecular formula is C10H16F3N3OS. The molecule has 0 aromatic carbocycles. The summed E-state index contributed by atoms with van der Waals surface area (Å²) in [6.07, 6.45) is -6.27. The molecule has 18 heavy (non-hydrogen) atoms. The highest BCUT2D eigenvalue weighted by Crippen LogP contribution is 2.26. The topological polar surface area (TPSA) is 47.0 Å². The van der Waals surface area contributed by atoms with Crippen LogP contribution in [0.1, 0.15) is 32.7 Å². The van der Waals surface area contributed by atoms with Crippen LogP contribution in [-0.2, 0) is 6.54 Å². The number of ether oxygens (including phenoxy) is 1. The zero-order chi connectivity index (χ0) is 14.0. The van der Waals surface area contributed by atoms with Crippen LogP contribution in [0.2, 0.25) is 0 Å². The predicted octanol–water partition coefficient (Wildman–Crippen LogP) is 2.76. The zero-order valence-corrected chi connectivity index (χ0v) is 11.4. The molecule has 104 valence electrons. The minimum Gasteiger partial charge on any atom is -0.456 e. The van der Waals surface area contributed by atoms with Gasteiger partial charge in [-0.05, 0) is 27.7 Å². The summed E-state index contributed by atoms with van der Waals surface area (Å²) in [5.74, 6) is 0. The van der Waals surface area contributed by atoms with E-state index in [1.165, 1.54) is 0 Å². The maximum Gasteiger partial charge on any atom is 0.425 e. The second kappa shape index (κ2) is 5.40. The van der Waals surface area contributed by atoms with Gasteiger partial charge in [-0.1, -0.05) is 16.4 Å². The van der Waals surface area contributed by atoms with Gasteiger partial charge in [0, 0.05) is 5.54 Å². The molecule has 0 aliphatic rings. The van der Waals surface area contributed by atoms with Crippen LogP contribution in [0.4, 0.5) is 13.2 Å². The van der Waals surface area contributed by atoms with Crippen molar-refractivity contribution in [1.82, 2.24) is 15.5 Å². The Morgan fingerprint density at radius 1 is 1.28 bits per heavy atom. The maximum atomic E-state index is 12.3. The normalized spacial score (nSPS) is 14.6. The third kappa shape index (κ3) is 5.18. The van der Waals surface area contributed by atoms with E-state index in [4.69, 9.17) is 0 Å². The number of nitrogens with zero attached hydrogens (tertiary/aromatic N) is 2.